The van der Waals surface area contributed by atoms with Crippen molar-refractivity contribution in [2.75, 3.05) is 7.05 Å². The minimum atomic E-state index is -0.0721. The molecule has 0 aliphatic carbocycles. The highest BCUT2D eigenvalue weighted by molar-refractivity contribution is 5.79. The molecule has 0 aliphatic heterocycles. The average molecular weight is 277 g/mol. The Morgan fingerprint density at radius 3 is 1.90 bits per heavy atom. The number of quaternary nitrogens is 1. The molecule has 0 spiro atoms. The molecule has 3 N–H and O–H groups in total. The summed E-state index contributed by atoms with van der Waals surface area (Å²) in [6.45, 7) is 10.8. The van der Waals surface area contributed by atoms with Crippen molar-refractivity contribution in [3.8, 4) is 0 Å². The van der Waals surface area contributed by atoms with Crippen LogP contribution in [0, 0.1) is 5.92 Å². The second-order valence-corrected chi connectivity index (χ2v) is 6.19. The number of nitrogens with two attached hydrogens (primary N) is 1. The van der Waals surface area contributed by atoms with Gasteiger partial charge in [-0.15, -0.1) is 0 Å². The van der Waals surface area contributed by atoms with Crippen molar-refractivity contribution in [3.05, 3.63) is 35.4 Å². The summed E-state index contributed by atoms with van der Waals surface area (Å²) in [5.41, 5.74) is 2.65. The molecule has 0 aliphatic rings. The van der Waals surface area contributed by atoms with Crippen LogP contribution in [-0.2, 0) is 4.79 Å². The second kappa shape index (κ2) is 7.44. The van der Waals surface area contributed by atoms with Crippen LogP contribution in [0.4, 0.5) is 0 Å². The fraction of sp³-hybridized carbons (Fsp3) is 0.588. The molecular formula is C17H29N2O+. The van der Waals surface area contributed by atoms with Gasteiger partial charge in [-0.25, -0.2) is 0 Å². The molecule has 0 saturated heterocycles. The van der Waals surface area contributed by atoms with Crippen LogP contribution in [0.25, 0.3) is 0 Å². The van der Waals surface area contributed by atoms with Crippen LogP contribution in [-0.4, -0.2) is 19.0 Å². The van der Waals surface area contributed by atoms with Gasteiger partial charge in [0, 0.05) is 18.5 Å². The molecule has 1 aromatic rings. The van der Waals surface area contributed by atoms with E-state index in [1.54, 1.807) is 7.05 Å². The molecule has 0 heterocycles. The summed E-state index contributed by atoms with van der Waals surface area (Å²) in [4.78, 5) is 11.7. The third kappa shape index (κ3) is 4.34. The highest BCUT2D eigenvalue weighted by Crippen LogP contribution is 2.21. The smallest absolute Gasteiger partial charge is 0.277 e. The summed E-state index contributed by atoms with van der Waals surface area (Å²) in [6.07, 6.45) is 0. The molecule has 0 bridgehead atoms. The van der Waals surface area contributed by atoms with E-state index in [-0.39, 0.29) is 11.9 Å². The quantitative estimate of drug-likeness (QED) is 0.823. The standard InChI is InChI=1S/C17H28N2O/c1-11(2)14-7-9-15(10-8-14)16(12(3)4)19-13(5)17(20)18-6/h7-13,16,19H,1-6H3,(H,18,20)/p+1/t13-,16+/m1/s1. The molecule has 2 atom stereocenters. The Labute approximate surface area is 123 Å². The third-order valence-corrected chi connectivity index (χ3v) is 3.86. The van der Waals surface area contributed by atoms with Gasteiger partial charge in [0.1, 0.15) is 6.04 Å². The molecule has 0 radical (unpaired) electrons. The molecule has 1 aromatic carbocycles. The monoisotopic (exact) mass is 277 g/mol. The Bertz CT molecular complexity index is 423. The van der Waals surface area contributed by atoms with Gasteiger partial charge in [-0.1, -0.05) is 52.0 Å². The van der Waals surface area contributed by atoms with Gasteiger partial charge in [-0.05, 0) is 18.4 Å². The zero-order valence-electron chi connectivity index (χ0n) is 13.6. The maximum absolute atomic E-state index is 11.7. The number of hydrogen-bond donors (Lipinski definition) is 2. The summed E-state index contributed by atoms with van der Waals surface area (Å²) in [5.74, 6) is 1.11. The minimum Gasteiger partial charge on any atom is -0.354 e. The molecule has 0 aromatic heterocycles. The maximum Gasteiger partial charge on any atom is 0.277 e. The van der Waals surface area contributed by atoms with Crippen molar-refractivity contribution in [1.29, 1.82) is 0 Å². The predicted molar refractivity (Wildman–Crippen MR) is 83.6 cm³/mol. The van der Waals surface area contributed by atoms with Crippen molar-refractivity contribution in [2.45, 2.75) is 52.6 Å². The molecule has 1 rings (SSSR count). The summed E-state index contributed by atoms with van der Waals surface area (Å²) in [7, 11) is 1.69. The number of carbonyl (C=O) groups is 1. The van der Waals surface area contributed by atoms with Gasteiger partial charge in [0.05, 0.1) is 0 Å². The van der Waals surface area contributed by atoms with Gasteiger partial charge < -0.3 is 10.6 Å². The van der Waals surface area contributed by atoms with Gasteiger partial charge in [-0.3, -0.25) is 4.79 Å². The first-order valence-electron chi connectivity index (χ1n) is 7.53. The number of carbonyl (C=O) groups excluding carboxylic acids is 1. The van der Waals surface area contributed by atoms with Crippen molar-refractivity contribution < 1.29 is 10.1 Å². The van der Waals surface area contributed by atoms with Gasteiger partial charge in [-0.2, -0.15) is 0 Å². The first-order chi connectivity index (χ1) is 9.36. The van der Waals surface area contributed by atoms with Crippen LogP contribution in [0.15, 0.2) is 24.3 Å². The predicted octanol–water partition coefficient (Wildman–Crippen LogP) is 2.21. The van der Waals surface area contributed by atoms with Crippen LogP contribution in [0.5, 0.6) is 0 Å². The van der Waals surface area contributed by atoms with E-state index >= 15 is 0 Å². The highest BCUT2D eigenvalue weighted by Gasteiger charge is 2.25. The van der Waals surface area contributed by atoms with Crippen LogP contribution >= 0.6 is 0 Å². The van der Waals surface area contributed by atoms with Crippen LogP contribution < -0.4 is 10.6 Å². The Kier molecular flexibility index (Phi) is 6.21. The maximum atomic E-state index is 11.7. The highest BCUT2D eigenvalue weighted by atomic mass is 16.2. The summed E-state index contributed by atoms with van der Waals surface area (Å²) < 4.78 is 0. The number of likely N-dealkylation sites (N-methyl/N-ethyl adjacent to an activating group) is 1. The van der Waals surface area contributed by atoms with Crippen LogP contribution in [0.1, 0.15) is 57.7 Å². The van der Waals surface area contributed by atoms with Crippen molar-refractivity contribution in [2.24, 2.45) is 5.92 Å². The largest absolute Gasteiger partial charge is 0.354 e. The zero-order chi connectivity index (χ0) is 15.3. The Balaban J connectivity index is 2.88. The Hall–Kier alpha value is -1.35. The van der Waals surface area contributed by atoms with Crippen molar-refractivity contribution in [1.82, 2.24) is 5.32 Å². The lowest BCUT2D eigenvalue weighted by molar-refractivity contribution is -0.719. The molecular weight excluding hydrogens is 248 g/mol. The van der Waals surface area contributed by atoms with Crippen LogP contribution in [0.3, 0.4) is 0 Å². The minimum absolute atomic E-state index is 0.0721. The van der Waals surface area contributed by atoms with E-state index in [4.69, 9.17) is 0 Å². The van der Waals surface area contributed by atoms with Crippen molar-refractivity contribution in [3.63, 3.8) is 0 Å². The number of benzene rings is 1. The normalized spacial score (nSPS) is 14.4. The van der Waals surface area contributed by atoms with E-state index < -0.39 is 0 Å². The molecule has 0 unspecified atom stereocenters. The Morgan fingerprint density at radius 2 is 1.50 bits per heavy atom. The lowest BCUT2D eigenvalue weighted by Crippen LogP contribution is -2.93. The fourth-order valence-corrected chi connectivity index (χ4v) is 2.45. The average Bonchev–Trinajstić information content (AvgIpc) is 2.43. The van der Waals surface area contributed by atoms with Crippen LogP contribution in [0.2, 0.25) is 0 Å². The second-order valence-electron chi connectivity index (χ2n) is 6.19. The summed E-state index contributed by atoms with van der Waals surface area (Å²) in [5, 5.41) is 4.87. The van der Waals surface area contributed by atoms with E-state index in [2.05, 4.69) is 62.6 Å². The number of rotatable bonds is 6. The first-order valence-corrected chi connectivity index (χ1v) is 7.53. The van der Waals surface area contributed by atoms with Crippen molar-refractivity contribution >= 4 is 5.91 Å². The summed E-state index contributed by atoms with van der Waals surface area (Å²) >= 11 is 0. The van der Waals surface area contributed by atoms with Gasteiger partial charge in [0.2, 0.25) is 0 Å². The van der Waals surface area contributed by atoms with Gasteiger partial charge in [0.15, 0.2) is 6.04 Å². The van der Waals surface area contributed by atoms with E-state index in [0.29, 0.717) is 17.9 Å². The van der Waals surface area contributed by atoms with E-state index in [0.717, 1.165) is 0 Å². The molecule has 0 saturated carbocycles. The SMILES string of the molecule is CNC(=O)[C@@H](C)[NH2+][C@H](c1ccc(C(C)C)cc1)C(C)C. The third-order valence-electron chi connectivity index (χ3n) is 3.86. The number of nitrogens with one attached hydrogen (secondary N) is 1. The van der Waals surface area contributed by atoms with E-state index in [9.17, 15) is 4.79 Å². The molecule has 20 heavy (non-hydrogen) atoms. The molecule has 0 fully saturated rings. The molecule has 1 amide bonds. The van der Waals surface area contributed by atoms with Gasteiger partial charge >= 0.3 is 0 Å². The first kappa shape index (κ1) is 16.7. The zero-order valence-corrected chi connectivity index (χ0v) is 13.6. The fourth-order valence-electron chi connectivity index (χ4n) is 2.45. The van der Waals surface area contributed by atoms with E-state index in [1.807, 2.05) is 6.92 Å². The van der Waals surface area contributed by atoms with E-state index in [1.165, 1.54) is 11.1 Å². The summed E-state index contributed by atoms with van der Waals surface area (Å²) in [6, 6.07) is 9.04. The topological polar surface area (TPSA) is 45.7 Å². The molecule has 3 nitrogen and oxygen atoms in total. The molecule has 3 heteroatoms. The number of hydrogen-bond acceptors (Lipinski definition) is 1. The lowest BCUT2D eigenvalue weighted by Gasteiger charge is -2.23. The number of amides is 1. The van der Waals surface area contributed by atoms with Gasteiger partial charge in [0.25, 0.3) is 5.91 Å². The molecule has 112 valence electrons. The Morgan fingerprint density at radius 1 is 1.00 bits per heavy atom. The lowest BCUT2D eigenvalue weighted by atomic mass is 9.93.